The Bertz CT molecular complexity index is 1500. The lowest BCUT2D eigenvalue weighted by Gasteiger charge is -2.34. The van der Waals surface area contributed by atoms with Crippen molar-refractivity contribution in [2.45, 2.75) is 19.6 Å². The van der Waals surface area contributed by atoms with Crippen LogP contribution in [-0.4, -0.2) is 70.2 Å². The predicted molar refractivity (Wildman–Crippen MR) is 145 cm³/mol. The molecule has 4 aromatic rings. The number of nitrogens with zero attached hydrogens (tertiary/aromatic N) is 4. The number of H-pyrrole nitrogens is 1. The number of fused-ring (bicyclic) bond motifs is 1. The zero-order valence-electron chi connectivity index (χ0n) is 21.9. The van der Waals surface area contributed by atoms with Crippen LogP contribution < -0.4 is 10.6 Å². The average Bonchev–Trinajstić information content (AvgIpc) is 3.41. The van der Waals surface area contributed by atoms with Gasteiger partial charge in [-0.3, -0.25) is 14.8 Å². The summed E-state index contributed by atoms with van der Waals surface area (Å²) in [6.07, 6.45) is -1.35. The van der Waals surface area contributed by atoms with Gasteiger partial charge in [0.15, 0.2) is 5.65 Å². The third kappa shape index (κ3) is 6.40. The first-order valence-corrected chi connectivity index (χ1v) is 13.0. The van der Waals surface area contributed by atoms with Gasteiger partial charge >= 0.3 is 6.18 Å². The van der Waals surface area contributed by atoms with Crippen LogP contribution in [0.15, 0.2) is 54.9 Å². The van der Waals surface area contributed by atoms with E-state index in [-0.39, 0.29) is 30.0 Å². The summed E-state index contributed by atoms with van der Waals surface area (Å²) in [5.41, 5.74) is 1.41. The molecule has 1 amide bonds. The Hall–Kier alpha value is -4.03. The fourth-order valence-corrected chi connectivity index (χ4v) is 4.77. The SMILES string of the molecule is CCN1CCN(Cc2ccc(NC(=O)CNc3ccc(-c4cnc5[nH]ncc5c4)cc3F)cc2C(F)(F)F)CC1. The van der Waals surface area contributed by atoms with Crippen LogP contribution in [0.25, 0.3) is 22.2 Å². The lowest BCUT2D eigenvalue weighted by Crippen LogP contribution is -2.45. The number of carbonyl (C=O) groups excluding carboxylic acids is 1. The lowest BCUT2D eigenvalue weighted by molar-refractivity contribution is -0.138. The first-order valence-electron chi connectivity index (χ1n) is 13.0. The smallest absolute Gasteiger partial charge is 0.374 e. The van der Waals surface area contributed by atoms with E-state index < -0.39 is 23.5 Å². The summed E-state index contributed by atoms with van der Waals surface area (Å²) in [4.78, 5) is 21.0. The van der Waals surface area contributed by atoms with Gasteiger partial charge < -0.3 is 15.5 Å². The number of carbonyl (C=O) groups is 1. The molecule has 1 aliphatic heterocycles. The Morgan fingerprint density at radius 2 is 1.77 bits per heavy atom. The van der Waals surface area contributed by atoms with E-state index in [2.05, 4.69) is 37.6 Å². The number of amides is 1. The van der Waals surface area contributed by atoms with Crippen LogP contribution in [0.5, 0.6) is 0 Å². The summed E-state index contributed by atoms with van der Waals surface area (Å²) in [6.45, 7) is 5.87. The molecule has 0 atom stereocenters. The molecule has 1 aliphatic rings. The topological polar surface area (TPSA) is 89.2 Å². The average molecular weight is 556 g/mol. The zero-order valence-corrected chi connectivity index (χ0v) is 21.9. The number of halogens is 4. The van der Waals surface area contributed by atoms with E-state index in [9.17, 15) is 22.4 Å². The van der Waals surface area contributed by atoms with E-state index in [0.717, 1.165) is 31.1 Å². The molecule has 40 heavy (non-hydrogen) atoms. The van der Waals surface area contributed by atoms with Gasteiger partial charge in [0, 0.05) is 55.6 Å². The molecule has 0 aliphatic carbocycles. The molecule has 0 spiro atoms. The number of benzene rings is 2. The third-order valence-corrected chi connectivity index (χ3v) is 7.04. The highest BCUT2D eigenvalue weighted by Gasteiger charge is 2.34. The van der Waals surface area contributed by atoms with E-state index >= 15 is 0 Å². The molecule has 3 N–H and O–H groups in total. The largest absolute Gasteiger partial charge is 0.416 e. The molecule has 1 fully saturated rings. The van der Waals surface area contributed by atoms with Gasteiger partial charge in [0.05, 0.1) is 24.0 Å². The molecule has 210 valence electrons. The van der Waals surface area contributed by atoms with Crippen LogP contribution in [0.2, 0.25) is 0 Å². The summed E-state index contributed by atoms with van der Waals surface area (Å²) in [6, 6.07) is 10.2. The fourth-order valence-electron chi connectivity index (χ4n) is 4.77. The van der Waals surface area contributed by atoms with E-state index in [0.29, 0.717) is 29.9 Å². The van der Waals surface area contributed by atoms with Crippen molar-refractivity contribution < 1.29 is 22.4 Å². The highest BCUT2D eigenvalue weighted by atomic mass is 19.4. The maximum absolute atomic E-state index is 14.8. The molecule has 2 aromatic heterocycles. The number of nitrogens with one attached hydrogen (secondary N) is 3. The number of aromatic nitrogens is 3. The number of hydrogen-bond acceptors (Lipinski definition) is 6. The molecule has 1 saturated heterocycles. The predicted octanol–water partition coefficient (Wildman–Crippen LogP) is 4.97. The van der Waals surface area contributed by atoms with Crippen molar-refractivity contribution in [2.75, 3.05) is 49.9 Å². The second-order valence-electron chi connectivity index (χ2n) is 9.71. The number of anilines is 2. The number of alkyl halides is 3. The van der Waals surface area contributed by atoms with Crippen molar-refractivity contribution in [3.63, 3.8) is 0 Å². The molecule has 3 heterocycles. The normalized spacial score (nSPS) is 14.9. The third-order valence-electron chi connectivity index (χ3n) is 7.04. The van der Waals surface area contributed by atoms with Crippen molar-refractivity contribution in [2.24, 2.45) is 0 Å². The number of piperazine rings is 1. The minimum Gasteiger partial charge on any atom is -0.374 e. The summed E-state index contributed by atoms with van der Waals surface area (Å²) in [7, 11) is 0. The van der Waals surface area contributed by atoms with Crippen LogP contribution in [0.3, 0.4) is 0 Å². The highest BCUT2D eigenvalue weighted by molar-refractivity contribution is 5.94. The number of aromatic amines is 1. The van der Waals surface area contributed by atoms with Crippen molar-refractivity contribution in [3.8, 4) is 11.1 Å². The van der Waals surface area contributed by atoms with Crippen LogP contribution in [0, 0.1) is 5.82 Å². The van der Waals surface area contributed by atoms with Crippen molar-refractivity contribution >= 4 is 28.3 Å². The maximum atomic E-state index is 14.8. The van der Waals surface area contributed by atoms with Crippen molar-refractivity contribution in [1.82, 2.24) is 25.0 Å². The van der Waals surface area contributed by atoms with Crippen molar-refractivity contribution in [3.05, 3.63) is 71.8 Å². The van der Waals surface area contributed by atoms with Gasteiger partial charge in [0.1, 0.15) is 5.82 Å². The standard InChI is InChI=1S/C28H29F4N7O/c1-2-38-7-9-39(10-8-38)17-19-3-5-22(13-23(19)28(30,31)32)36-26(40)16-33-25-6-4-18(12-24(25)29)20-11-21-15-35-37-27(21)34-14-20/h3-6,11-15,33H,2,7-10,16-17H2,1H3,(H,36,40)(H,34,35,37). The number of likely N-dealkylation sites (N-methyl/N-ethyl adjacent to an activating group) is 1. The van der Waals surface area contributed by atoms with Crippen LogP contribution in [0.1, 0.15) is 18.1 Å². The molecule has 0 unspecified atom stereocenters. The van der Waals surface area contributed by atoms with Crippen LogP contribution in [-0.2, 0) is 17.5 Å². The second-order valence-corrected chi connectivity index (χ2v) is 9.71. The number of rotatable bonds is 8. The van der Waals surface area contributed by atoms with Gasteiger partial charge in [-0.25, -0.2) is 9.37 Å². The summed E-state index contributed by atoms with van der Waals surface area (Å²) in [5, 5.41) is 12.6. The van der Waals surface area contributed by atoms with Gasteiger partial charge in [-0.2, -0.15) is 18.3 Å². The molecule has 8 nitrogen and oxygen atoms in total. The molecule has 12 heteroatoms. The minimum absolute atomic E-state index is 0.0247. The van der Waals surface area contributed by atoms with Gasteiger partial charge in [0.2, 0.25) is 5.91 Å². The molecular formula is C28H29F4N7O. The van der Waals surface area contributed by atoms with Gasteiger partial charge in [-0.15, -0.1) is 0 Å². The van der Waals surface area contributed by atoms with Crippen LogP contribution in [0.4, 0.5) is 28.9 Å². The first kappa shape index (κ1) is 27.5. The van der Waals surface area contributed by atoms with Crippen LogP contribution >= 0.6 is 0 Å². The molecule has 0 bridgehead atoms. The Kier molecular flexibility index (Phi) is 7.99. The van der Waals surface area contributed by atoms with Crippen molar-refractivity contribution in [1.29, 1.82) is 0 Å². The number of hydrogen-bond donors (Lipinski definition) is 3. The second kappa shape index (κ2) is 11.6. The Balaban J connectivity index is 1.21. The maximum Gasteiger partial charge on any atom is 0.416 e. The Labute approximate surface area is 228 Å². The zero-order chi connectivity index (χ0) is 28.3. The monoisotopic (exact) mass is 555 g/mol. The minimum atomic E-state index is -4.57. The quantitative estimate of drug-likeness (QED) is 0.266. The fraction of sp³-hybridized carbons (Fsp3) is 0.321. The van der Waals surface area contributed by atoms with E-state index in [4.69, 9.17) is 0 Å². The van der Waals surface area contributed by atoms with Gasteiger partial charge in [-0.1, -0.05) is 19.1 Å². The highest BCUT2D eigenvalue weighted by Crippen LogP contribution is 2.34. The summed E-state index contributed by atoms with van der Waals surface area (Å²) in [5.74, 6) is -1.18. The van der Waals surface area contributed by atoms with E-state index in [1.165, 1.54) is 24.3 Å². The number of pyridine rings is 1. The Morgan fingerprint density at radius 3 is 2.50 bits per heavy atom. The Morgan fingerprint density at radius 1 is 1.00 bits per heavy atom. The molecule has 2 aromatic carbocycles. The van der Waals surface area contributed by atoms with Gasteiger partial charge in [-0.05, 0) is 48.0 Å². The first-order chi connectivity index (χ1) is 19.2. The molecule has 0 radical (unpaired) electrons. The summed E-state index contributed by atoms with van der Waals surface area (Å²) < 4.78 is 56.4. The van der Waals surface area contributed by atoms with E-state index in [1.807, 2.05) is 11.0 Å². The molecule has 5 rings (SSSR count). The lowest BCUT2D eigenvalue weighted by atomic mass is 10.0. The van der Waals surface area contributed by atoms with E-state index in [1.54, 1.807) is 18.5 Å². The molecule has 0 saturated carbocycles. The molecular weight excluding hydrogens is 526 g/mol. The summed E-state index contributed by atoms with van der Waals surface area (Å²) >= 11 is 0. The van der Waals surface area contributed by atoms with Gasteiger partial charge in [0.25, 0.3) is 0 Å².